The summed E-state index contributed by atoms with van der Waals surface area (Å²) < 4.78 is 1.83. The van der Waals surface area contributed by atoms with Crippen LogP contribution in [0.3, 0.4) is 0 Å². The van der Waals surface area contributed by atoms with E-state index in [0.717, 1.165) is 42.9 Å². The fourth-order valence-corrected chi connectivity index (χ4v) is 2.49. The Hall–Kier alpha value is -1.36. The molecule has 1 saturated heterocycles. The Morgan fingerprint density at radius 1 is 1.56 bits per heavy atom. The third-order valence-electron chi connectivity index (χ3n) is 3.66. The van der Waals surface area contributed by atoms with Gasteiger partial charge in [-0.3, -0.25) is 9.48 Å². The van der Waals surface area contributed by atoms with Crippen molar-refractivity contribution in [2.75, 3.05) is 13.1 Å². The Bertz CT molecular complexity index is 432. The highest BCUT2D eigenvalue weighted by atomic mass is 16.1. The van der Waals surface area contributed by atoms with Gasteiger partial charge < -0.3 is 10.6 Å². The van der Waals surface area contributed by atoms with Gasteiger partial charge in [-0.05, 0) is 33.2 Å². The number of hydrogen-bond donors (Lipinski definition) is 2. The Morgan fingerprint density at radius 3 is 2.89 bits per heavy atom. The monoisotopic (exact) mass is 250 g/mol. The molecule has 18 heavy (non-hydrogen) atoms. The SMILES string of the molecule is Cc1nn(C)c(C)c1CC(=O)NC1CCCNC1. The highest BCUT2D eigenvalue weighted by molar-refractivity contribution is 5.79. The largest absolute Gasteiger partial charge is 0.352 e. The Labute approximate surface area is 108 Å². The second-order valence-electron chi connectivity index (χ2n) is 5.06. The van der Waals surface area contributed by atoms with Crippen LogP contribution in [0.5, 0.6) is 0 Å². The van der Waals surface area contributed by atoms with Crippen molar-refractivity contribution < 1.29 is 4.79 Å². The van der Waals surface area contributed by atoms with E-state index in [1.807, 2.05) is 25.6 Å². The first kappa shape index (κ1) is 13.1. The number of piperidine rings is 1. The van der Waals surface area contributed by atoms with Crippen molar-refractivity contribution >= 4 is 5.91 Å². The van der Waals surface area contributed by atoms with E-state index in [2.05, 4.69) is 15.7 Å². The molecule has 1 fully saturated rings. The standard InChI is InChI=1S/C13H22N4O/c1-9-12(10(2)17(3)16-9)7-13(18)15-11-5-4-6-14-8-11/h11,14H,4-8H2,1-3H3,(H,15,18). The first-order chi connectivity index (χ1) is 8.58. The van der Waals surface area contributed by atoms with E-state index in [0.29, 0.717) is 6.42 Å². The molecule has 0 spiro atoms. The number of carbonyl (C=O) groups is 1. The number of aromatic nitrogens is 2. The molecule has 0 aliphatic carbocycles. The molecule has 5 heteroatoms. The van der Waals surface area contributed by atoms with Crippen LogP contribution in [0.25, 0.3) is 0 Å². The first-order valence-corrected chi connectivity index (χ1v) is 6.57. The predicted molar refractivity (Wildman–Crippen MR) is 70.4 cm³/mol. The molecule has 2 N–H and O–H groups in total. The number of nitrogens with one attached hydrogen (secondary N) is 2. The number of hydrogen-bond acceptors (Lipinski definition) is 3. The second kappa shape index (κ2) is 5.52. The number of rotatable bonds is 3. The zero-order valence-electron chi connectivity index (χ0n) is 11.4. The van der Waals surface area contributed by atoms with Gasteiger partial charge in [0.25, 0.3) is 0 Å². The van der Waals surface area contributed by atoms with Crippen molar-refractivity contribution in [3.8, 4) is 0 Å². The fourth-order valence-electron chi connectivity index (χ4n) is 2.49. The topological polar surface area (TPSA) is 59.0 Å². The van der Waals surface area contributed by atoms with Crippen molar-refractivity contribution in [1.82, 2.24) is 20.4 Å². The van der Waals surface area contributed by atoms with E-state index in [4.69, 9.17) is 0 Å². The molecule has 0 bridgehead atoms. The summed E-state index contributed by atoms with van der Waals surface area (Å²) in [4.78, 5) is 12.0. The fraction of sp³-hybridized carbons (Fsp3) is 0.692. The number of amides is 1. The summed E-state index contributed by atoms with van der Waals surface area (Å²) in [5.74, 6) is 0.0999. The van der Waals surface area contributed by atoms with Crippen molar-refractivity contribution in [2.24, 2.45) is 7.05 Å². The van der Waals surface area contributed by atoms with E-state index in [1.54, 1.807) is 0 Å². The van der Waals surface area contributed by atoms with Crippen LogP contribution in [0, 0.1) is 13.8 Å². The minimum absolute atomic E-state index is 0.0999. The highest BCUT2D eigenvalue weighted by Crippen LogP contribution is 2.12. The van der Waals surface area contributed by atoms with E-state index in [9.17, 15) is 4.79 Å². The summed E-state index contributed by atoms with van der Waals surface area (Å²) in [6.45, 7) is 5.91. The van der Waals surface area contributed by atoms with Crippen molar-refractivity contribution in [3.05, 3.63) is 17.0 Å². The second-order valence-corrected chi connectivity index (χ2v) is 5.06. The van der Waals surface area contributed by atoms with Gasteiger partial charge in [0, 0.05) is 30.9 Å². The summed E-state index contributed by atoms with van der Waals surface area (Å²) in [5, 5.41) is 10.7. The van der Waals surface area contributed by atoms with Gasteiger partial charge in [-0.25, -0.2) is 0 Å². The van der Waals surface area contributed by atoms with Crippen LogP contribution < -0.4 is 10.6 Å². The predicted octanol–water partition coefficient (Wildman–Crippen LogP) is 0.448. The quantitative estimate of drug-likeness (QED) is 0.819. The highest BCUT2D eigenvalue weighted by Gasteiger charge is 2.18. The van der Waals surface area contributed by atoms with Gasteiger partial charge in [-0.15, -0.1) is 0 Å². The minimum Gasteiger partial charge on any atom is -0.352 e. The number of carbonyl (C=O) groups excluding carboxylic acids is 1. The number of nitrogens with zero attached hydrogens (tertiary/aromatic N) is 2. The molecule has 1 aromatic rings. The molecule has 100 valence electrons. The average Bonchev–Trinajstić information content (AvgIpc) is 2.57. The Kier molecular flexibility index (Phi) is 4.01. The molecule has 1 unspecified atom stereocenters. The van der Waals surface area contributed by atoms with Crippen LogP contribution in [0.15, 0.2) is 0 Å². The van der Waals surface area contributed by atoms with E-state index < -0.39 is 0 Å². The van der Waals surface area contributed by atoms with Crippen molar-refractivity contribution in [2.45, 2.75) is 39.2 Å². The lowest BCUT2D eigenvalue weighted by atomic mass is 10.1. The summed E-state index contributed by atoms with van der Waals surface area (Å²) in [6, 6.07) is 0.281. The molecule has 1 aliphatic rings. The third kappa shape index (κ3) is 2.90. The minimum atomic E-state index is 0.0999. The zero-order valence-corrected chi connectivity index (χ0v) is 11.4. The van der Waals surface area contributed by atoms with Crippen LogP contribution in [0.1, 0.15) is 29.8 Å². The summed E-state index contributed by atoms with van der Waals surface area (Å²) in [5.41, 5.74) is 3.08. The first-order valence-electron chi connectivity index (χ1n) is 6.57. The smallest absolute Gasteiger partial charge is 0.224 e. The maximum absolute atomic E-state index is 12.0. The molecular formula is C13H22N4O. The molecule has 0 aromatic carbocycles. The summed E-state index contributed by atoms with van der Waals surface area (Å²) in [6.07, 6.45) is 2.64. The van der Waals surface area contributed by atoms with Gasteiger partial charge in [-0.1, -0.05) is 0 Å². The van der Waals surface area contributed by atoms with Gasteiger partial charge in [0.05, 0.1) is 12.1 Å². The van der Waals surface area contributed by atoms with Crippen LogP contribution in [0.4, 0.5) is 0 Å². The molecule has 1 atom stereocenters. The van der Waals surface area contributed by atoms with Gasteiger partial charge >= 0.3 is 0 Å². The molecule has 0 saturated carbocycles. The third-order valence-corrected chi connectivity index (χ3v) is 3.66. The maximum Gasteiger partial charge on any atom is 0.224 e. The zero-order chi connectivity index (χ0) is 13.1. The molecule has 1 amide bonds. The lowest BCUT2D eigenvalue weighted by Gasteiger charge is -2.23. The Morgan fingerprint density at radius 2 is 2.33 bits per heavy atom. The molecule has 1 aromatic heterocycles. The van der Waals surface area contributed by atoms with Gasteiger partial charge in [0.15, 0.2) is 0 Å². The summed E-state index contributed by atoms with van der Waals surface area (Å²) in [7, 11) is 1.91. The Balaban J connectivity index is 1.94. The summed E-state index contributed by atoms with van der Waals surface area (Å²) >= 11 is 0. The lowest BCUT2D eigenvalue weighted by Crippen LogP contribution is -2.46. The molecule has 1 aliphatic heterocycles. The van der Waals surface area contributed by atoms with Crippen LogP contribution in [-0.2, 0) is 18.3 Å². The van der Waals surface area contributed by atoms with E-state index in [1.165, 1.54) is 0 Å². The van der Waals surface area contributed by atoms with E-state index >= 15 is 0 Å². The van der Waals surface area contributed by atoms with Crippen LogP contribution >= 0.6 is 0 Å². The molecular weight excluding hydrogens is 228 g/mol. The van der Waals surface area contributed by atoms with Crippen molar-refractivity contribution in [3.63, 3.8) is 0 Å². The number of aryl methyl sites for hydroxylation is 2. The maximum atomic E-state index is 12.0. The molecule has 2 heterocycles. The van der Waals surface area contributed by atoms with Gasteiger partial charge in [-0.2, -0.15) is 5.10 Å². The van der Waals surface area contributed by atoms with Crippen molar-refractivity contribution in [1.29, 1.82) is 0 Å². The van der Waals surface area contributed by atoms with E-state index in [-0.39, 0.29) is 11.9 Å². The van der Waals surface area contributed by atoms with Gasteiger partial charge in [0.2, 0.25) is 5.91 Å². The molecule has 5 nitrogen and oxygen atoms in total. The van der Waals surface area contributed by atoms with Crippen LogP contribution in [-0.4, -0.2) is 34.8 Å². The lowest BCUT2D eigenvalue weighted by molar-refractivity contribution is -0.121. The normalized spacial score (nSPS) is 19.8. The molecule has 0 radical (unpaired) electrons. The van der Waals surface area contributed by atoms with Gasteiger partial charge in [0.1, 0.15) is 0 Å². The average molecular weight is 250 g/mol. The van der Waals surface area contributed by atoms with Crippen LogP contribution in [0.2, 0.25) is 0 Å². The molecule has 2 rings (SSSR count).